The molecule has 0 unspecified atom stereocenters. The molecular weight excluding hydrogens is 210 g/mol. The van der Waals surface area contributed by atoms with Crippen molar-refractivity contribution < 1.29 is 4.79 Å². The van der Waals surface area contributed by atoms with Crippen molar-refractivity contribution >= 4 is 33.7 Å². The number of imidazole rings is 1. The van der Waals surface area contributed by atoms with Crippen LogP contribution in [0.25, 0.3) is 4.96 Å². The molecule has 13 heavy (non-hydrogen) atoms. The molecule has 0 aliphatic rings. The number of halogens is 1. The normalized spacial score (nSPS) is 10.9. The number of hydrogen-bond acceptors (Lipinski definition) is 4. The molecule has 0 spiro atoms. The number of rotatable bonds is 2. The quantitative estimate of drug-likeness (QED) is 0.766. The lowest BCUT2D eigenvalue weighted by Gasteiger charge is -1.94. The summed E-state index contributed by atoms with van der Waals surface area (Å²) in [5.41, 5.74) is 5.62. The summed E-state index contributed by atoms with van der Waals surface area (Å²) in [6.07, 6.45) is 1.75. The Kier molecular flexibility index (Phi) is 2.07. The van der Waals surface area contributed by atoms with Crippen molar-refractivity contribution in [3.8, 4) is 0 Å². The number of carbonyl (C=O) groups is 1. The fraction of sp³-hybridized carbons (Fsp3) is 0.143. The van der Waals surface area contributed by atoms with Gasteiger partial charge in [-0.05, 0) is 0 Å². The van der Waals surface area contributed by atoms with Crippen LogP contribution in [0.2, 0.25) is 5.15 Å². The number of thiazole rings is 1. The number of fused-ring (bicyclic) bond motifs is 1. The van der Waals surface area contributed by atoms with E-state index in [0.717, 1.165) is 0 Å². The van der Waals surface area contributed by atoms with Crippen molar-refractivity contribution in [1.82, 2.24) is 9.38 Å². The highest BCUT2D eigenvalue weighted by molar-refractivity contribution is 7.15. The maximum atomic E-state index is 11.3. The molecule has 0 aliphatic heterocycles. The van der Waals surface area contributed by atoms with Gasteiger partial charge in [-0.3, -0.25) is 9.20 Å². The van der Waals surface area contributed by atoms with E-state index in [-0.39, 0.29) is 17.5 Å². The molecule has 0 radical (unpaired) electrons. The van der Waals surface area contributed by atoms with Gasteiger partial charge in [0.2, 0.25) is 0 Å². The predicted molar refractivity (Wildman–Crippen MR) is 51.5 cm³/mol. The number of carbonyl (C=O) groups excluding carboxylic acids is 1. The summed E-state index contributed by atoms with van der Waals surface area (Å²) in [6, 6.07) is 0. The largest absolute Gasteiger partial charge is 0.324 e. The Morgan fingerprint density at radius 2 is 2.54 bits per heavy atom. The molecular formula is C7H6ClN3OS. The Bertz CT molecular complexity index is 461. The van der Waals surface area contributed by atoms with Crippen molar-refractivity contribution in [3.63, 3.8) is 0 Å². The zero-order chi connectivity index (χ0) is 9.42. The molecule has 0 atom stereocenters. The molecule has 0 saturated heterocycles. The number of nitrogens with zero attached hydrogens (tertiary/aromatic N) is 2. The number of aromatic nitrogens is 2. The lowest BCUT2D eigenvalue weighted by Crippen LogP contribution is -2.15. The van der Waals surface area contributed by atoms with Gasteiger partial charge in [0.1, 0.15) is 5.69 Å². The molecule has 0 amide bonds. The monoisotopic (exact) mass is 215 g/mol. The highest BCUT2D eigenvalue weighted by Gasteiger charge is 2.16. The van der Waals surface area contributed by atoms with Crippen LogP contribution >= 0.6 is 22.9 Å². The van der Waals surface area contributed by atoms with E-state index in [1.165, 1.54) is 11.3 Å². The molecule has 2 aromatic heterocycles. The third-order valence-electron chi connectivity index (χ3n) is 1.67. The second-order valence-corrected chi connectivity index (χ2v) is 3.67. The molecule has 2 aromatic rings. The molecule has 0 aromatic carbocycles. The average Bonchev–Trinajstić information content (AvgIpc) is 2.62. The van der Waals surface area contributed by atoms with Gasteiger partial charge in [0.25, 0.3) is 0 Å². The van der Waals surface area contributed by atoms with Gasteiger partial charge in [0.05, 0.1) is 6.54 Å². The molecule has 0 aliphatic carbocycles. The number of Topliss-reactive ketones (excluding diaryl/α,β-unsaturated/α-hetero) is 1. The Hall–Kier alpha value is -0.910. The highest BCUT2D eigenvalue weighted by Crippen LogP contribution is 2.21. The van der Waals surface area contributed by atoms with E-state index >= 15 is 0 Å². The second kappa shape index (κ2) is 3.10. The van der Waals surface area contributed by atoms with Gasteiger partial charge >= 0.3 is 0 Å². The first kappa shape index (κ1) is 8.68. The molecule has 4 nitrogen and oxygen atoms in total. The van der Waals surface area contributed by atoms with Gasteiger partial charge in [0.15, 0.2) is 15.9 Å². The molecule has 6 heteroatoms. The molecule has 2 rings (SSSR count). The summed E-state index contributed by atoms with van der Waals surface area (Å²) in [4.78, 5) is 16.1. The fourth-order valence-electron chi connectivity index (χ4n) is 1.11. The van der Waals surface area contributed by atoms with E-state index < -0.39 is 0 Å². The van der Waals surface area contributed by atoms with Gasteiger partial charge in [0, 0.05) is 11.6 Å². The van der Waals surface area contributed by atoms with E-state index in [9.17, 15) is 4.79 Å². The van der Waals surface area contributed by atoms with E-state index in [0.29, 0.717) is 10.7 Å². The van der Waals surface area contributed by atoms with Crippen LogP contribution in [0.4, 0.5) is 0 Å². The first-order valence-corrected chi connectivity index (χ1v) is 4.84. The predicted octanol–water partition coefficient (Wildman–Crippen LogP) is 1.19. The minimum Gasteiger partial charge on any atom is -0.324 e. The second-order valence-electron chi connectivity index (χ2n) is 2.43. The van der Waals surface area contributed by atoms with E-state index in [2.05, 4.69) is 4.98 Å². The number of ketones is 1. The van der Waals surface area contributed by atoms with Crippen LogP contribution in [0.5, 0.6) is 0 Å². The van der Waals surface area contributed by atoms with Gasteiger partial charge in [-0.1, -0.05) is 11.6 Å². The van der Waals surface area contributed by atoms with Gasteiger partial charge in [-0.25, -0.2) is 4.98 Å². The van der Waals surface area contributed by atoms with Crippen LogP contribution in [-0.4, -0.2) is 21.7 Å². The van der Waals surface area contributed by atoms with E-state index in [4.69, 9.17) is 17.3 Å². The minimum atomic E-state index is -0.198. The van der Waals surface area contributed by atoms with Crippen molar-refractivity contribution in [2.45, 2.75) is 0 Å². The SMILES string of the molecule is NCC(=O)c1c(Cl)nc2sccn12. The van der Waals surface area contributed by atoms with Crippen molar-refractivity contribution in [1.29, 1.82) is 0 Å². The summed E-state index contributed by atoms with van der Waals surface area (Å²) in [5.74, 6) is -0.198. The summed E-state index contributed by atoms with van der Waals surface area (Å²) < 4.78 is 1.65. The molecule has 0 fully saturated rings. The maximum absolute atomic E-state index is 11.3. The molecule has 68 valence electrons. The lowest BCUT2D eigenvalue weighted by atomic mass is 10.3. The van der Waals surface area contributed by atoms with Crippen LogP contribution in [0, 0.1) is 0 Å². The number of hydrogen-bond donors (Lipinski definition) is 1. The summed E-state index contributed by atoms with van der Waals surface area (Å²) in [6.45, 7) is -0.0522. The van der Waals surface area contributed by atoms with E-state index in [1.54, 1.807) is 10.6 Å². The first-order chi connectivity index (χ1) is 6.24. The van der Waals surface area contributed by atoms with Crippen LogP contribution in [0.15, 0.2) is 11.6 Å². The smallest absolute Gasteiger partial charge is 0.196 e. The van der Waals surface area contributed by atoms with Crippen molar-refractivity contribution in [2.24, 2.45) is 5.73 Å². The van der Waals surface area contributed by atoms with Crippen LogP contribution in [0.1, 0.15) is 10.5 Å². The summed E-state index contributed by atoms with van der Waals surface area (Å²) in [7, 11) is 0. The van der Waals surface area contributed by atoms with Gasteiger partial charge < -0.3 is 5.73 Å². The maximum Gasteiger partial charge on any atom is 0.196 e. The summed E-state index contributed by atoms with van der Waals surface area (Å²) >= 11 is 7.21. The first-order valence-electron chi connectivity index (χ1n) is 3.58. The molecule has 2 N–H and O–H groups in total. The third kappa shape index (κ3) is 1.25. The number of nitrogens with two attached hydrogens (primary N) is 1. The Morgan fingerprint density at radius 3 is 3.23 bits per heavy atom. The molecule has 2 heterocycles. The van der Waals surface area contributed by atoms with E-state index in [1.807, 2.05) is 5.38 Å². The average molecular weight is 216 g/mol. The molecule has 0 saturated carbocycles. The topological polar surface area (TPSA) is 60.4 Å². The standard InChI is InChI=1S/C7H6ClN3OS/c8-6-5(4(12)3-9)11-1-2-13-7(11)10-6/h1-2H,3,9H2. The highest BCUT2D eigenvalue weighted by atomic mass is 35.5. The summed E-state index contributed by atoms with van der Waals surface area (Å²) in [5, 5.41) is 2.06. The third-order valence-corrected chi connectivity index (χ3v) is 2.69. The van der Waals surface area contributed by atoms with Crippen LogP contribution in [0.3, 0.4) is 0 Å². The molecule has 0 bridgehead atoms. The minimum absolute atomic E-state index is 0.0522. The Balaban J connectivity index is 2.70. The van der Waals surface area contributed by atoms with Crippen molar-refractivity contribution in [3.05, 3.63) is 22.4 Å². The zero-order valence-electron chi connectivity index (χ0n) is 6.53. The Labute approximate surface area is 82.9 Å². The van der Waals surface area contributed by atoms with Gasteiger partial charge in [-0.2, -0.15) is 0 Å². The fourth-order valence-corrected chi connectivity index (χ4v) is 2.15. The van der Waals surface area contributed by atoms with Crippen LogP contribution < -0.4 is 5.73 Å². The van der Waals surface area contributed by atoms with Crippen LogP contribution in [-0.2, 0) is 0 Å². The van der Waals surface area contributed by atoms with Gasteiger partial charge in [-0.15, -0.1) is 11.3 Å². The lowest BCUT2D eigenvalue weighted by molar-refractivity contribution is 0.0996. The Morgan fingerprint density at radius 1 is 1.77 bits per heavy atom. The van der Waals surface area contributed by atoms with Crippen molar-refractivity contribution in [2.75, 3.05) is 6.54 Å². The zero-order valence-corrected chi connectivity index (χ0v) is 8.10.